The lowest BCUT2D eigenvalue weighted by Gasteiger charge is -2.13. The van der Waals surface area contributed by atoms with Gasteiger partial charge >= 0.3 is 0 Å². The Labute approximate surface area is 151 Å². The van der Waals surface area contributed by atoms with Gasteiger partial charge < -0.3 is 4.74 Å². The Morgan fingerprint density at radius 3 is 2.43 bits per heavy atom. The lowest BCUT2D eigenvalue weighted by molar-refractivity contribution is 0.0955. The summed E-state index contributed by atoms with van der Waals surface area (Å²) in [5, 5.41) is 3.96. The average Bonchev–Trinajstić information content (AvgIpc) is 2.51. The Balaban J connectivity index is 2.07. The molecule has 0 unspecified atom stereocenters. The fourth-order valence-electron chi connectivity index (χ4n) is 1.74. The summed E-state index contributed by atoms with van der Waals surface area (Å²) in [6.45, 7) is 3.92. The number of hydrazone groups is 1. The second-order valence-electron chi connectivity index (χ2n) is 4.92. The molecule has 0 atom stereocenters. The standard InChI is InChI=1S/C16H15Br2N3O2/c1-10(2)23-15-13(17)7-11(8-14(15)18)9-20-21-16(22)12-3-5-19-6-4-12/h3-10H,1-2H3,(H,21,22)/b20-9-. The van der Waals surface area contributed by atoms with Gasteiger partial charge in [0.15, 0.2) is 0 Å². The predicted octanol–water partition coefficient (Wildman–Crippen LogP) is 4.16. The van der Waals surface area contributed by atoms with Crippen LogP contribution in [0.5, 0.6) is 5.75 Å². The highest BCUT2D eigenvalue weighted by Gasteiger charge is 2.10. The van der Waals surface area contributed by atoms with Crippen molar-refractivity contribution in [3.8, 4) is 5.75 Å². The third-order valence-corrected chi connectivity index (χ3v) is 3.87. The van der Waals surface area contributed by atoms with Crippen LogP contribution in [0.4, 0.5) is 0 Å². The first-order valence-electron chi connectivity index (χ1n) is 6.86. The van der Waals surface area contributed by atoms with Crippen LogP contribution in [0.1, 0.15) is 29.8 Å². The van der Waals surface area contributed by atoms with Crippen molar-refractivity contribution in [2.45, 2.75) is 20.0 Å². The molecule has 5 nitrogen and oxygen atoms in total. The van der Waals surface area contributed by atoms with Crippen molar-refractivity contribution in [1.29, 1.82) is 0 Å². The number of ether oxygens (including phenoxy) is 1. The highest BCUT2D eigenvalue weighted by atomic mass is 79.9. The van der Waals surface area contributed by atoms with E-state index in [4.69, 9.17) is 4.74 Å². The van der Waals surface area contributed by atoms with E-state index in [2.05, 4.69) is 47.4 Å². The third kappa shape index (κ3) is 5.14. The molecule has 23 heavy (non-hydrogen) atoms. The van der Waals surface area contributed by atoms with Crippen LogP contribution < -0.4 is 10.2 Å². The number of pyridine rings is 1. The molecule has 0 aliphatic carbocycles. The Kier molecular flexibility index (Phi) is 6.29. The SMILES string of the molecule is CC(C)Oc1c(Br)cc(/C=N\NC(=O)c2ccncc2)cc1Br. The molecule has 1 aromatic heterocycles. The molecule has 0 bridgehead atoms. The van der Waals surface area contributed by atoms with Crippen molar-refractivity contribution >= 4 is 44.0 Å². The Morgan fingerprint density at radius 1 is 1.26 bits per heavy atom. The van der Waals surface area contributed by atoms with Crippen molar-refractivity contribution in [2.24, 2.45) is 5.10 Å². The van der Waals surface area contributed by atoms with Crippen LogP contribution in [0.3, 0.4) is 0 Å². The van der Waals surface area contributed by atoms with E-state index in [1.54, 1.807) is 30.7 Å². The fraction of sp³-hybridized carbons (Fsp3) is 0.188. The minimum atomic E-state index is -0.290. The van der Waals surface area contributed by atoms with E-state index >= 15 is 0 Å². The molecule has 0 saturated carbocycles. The zero-order chi connectivity index (χ0) is 16.8. The molecule has 0 fully saturated rings. The minimum Gasteiger partial charge on any atom is -0.489 e. The summed E-state index contributed by atoms with van der Waals surface area (Å²) in [5.74, 6) is 0.444. The van der Waals surface area contributed by atoms with Crippen LogP contribution >= 0.6 is 31.9 Å². The number of benzene rings is 1. The molecule has 1 amide bonds. The van der Waals surface area contributed by atoms with Crippen LogP contribution in [0.2, 0.25) is 0 Å². The van der Waals surface area contributed by atoms with E-state index in [0.717, 1.165) is 20.3 Å². The monoisotopic (exact) mass is 439 g/mol. The first kappa shape index (κ1) is 17.6. The van der Waals surface area contributed by atoms with Gasteiger partial charge in [-0.1, -0.05) is 0 Å². The number of hydrogen-bond acceptors (Lipinski definition) is 4. The molecule has 0 aliphatic heterocycles. The quantitative estimate of drug-likeness (QED) is 0.560. The second kappa shape index (κ2) is 8.21. The lowest BCUT2D eigenvalue weighted by atomic mass is 10.2. The molecule has 1 N–H and O–H groups in total. The Morgan fingerprint density at radius 2 is 1.87 bits per heavy atom. The van der Waals surface area contributed by atoms with Gasteiger partial charge in [-0.05, 0) is 75.5 Å². The zero-order valence-corrected chi connectivity index (χ0v) is 15.8. The fourth-order valence-corrected chi connectivity index (χ4v) is 3.14. The topological polar surface area (TPSA) is 63.6 Å². The summed E-state index contributed by atoms with van der Waals surface area (Å²) in [6.07, 6.45) is 4.75. The van der Waals surface area contributed by atoms with E-state index < -0.39 is 0 Å². The molecule has 2 rings (SSSR count). The lowest BCUT2D eigenvalue weighted by Crippen LogP contribution is -2.17. The van der Waals surface area contributed by atoms with Crippen LogP contribution in [0.15, 0.2) is 50.7 Å². The van der Waals surface area contributed by atoms with Crippen molar-refractivity contribution in [1.82, 2.24) is 10.4 Å². The van der Waals surface area contributed by atoms with Gasteiger partial charge in [-0.25, -0.2) is 5.43 Å². The van der Waals surface area contributed by atoms with Gasteiger partial charge in [0.25, 0.3) is 5.91 Å². The molecule has 2 aromatic rings. The highest BCUT2D eigenvalue weighted by Crippen LogP contribution is 2.35. The van der Waals surface area contributed by atoms with E-state index in [9.17, 15) is 4.79 Å². The predicted molar refractivity (Wildman–Crippen MR) is 96.9 cm³/mol. The van der Waals surface area contributed by atoms with Crippen LogP contribution in [-0.2, 0) is 0 Å². The van der Waals surface area contributed by atoms with Crippen molar-refractivity contribution < 1.29 is 9.53 Å². The molecule has 0 radical (unpaired) electrons. The van der Waals surface area contributed by atoms with Crippen molar-refractivity contribution in [3.05, 3.63) is 56.7 Å². The number of hydrogen-bond donors (Lipinski definition) is 1. The van der Waals surface area contributed by atoms with Crippen LogP contribution in [0.25, 0.3) is 0 Å². The van der Waals surface area contributed by atoms with Crippen LogP contribution in [0, 0.1) is 0 Å². The number of rotatable bonds is 5. The zero-order valence-electron chi connectivity index (χ0n) is 12.6. The molecule has 0 saturated heterocycles. The number of halogens is 2. The maximum absolute atomic E-state index is 11.9. The first-order chi connectivity index (χ1) is 11.0. The van der Waals surface area contributed by atoms with E-state index in [0.29, 0.717) is 5.56 Å². The molecular weight excluding hydrogens is 426 g/mol. The summed E-state index contributed by atoms with van der Waals surface area (Å²) in [7, 11) is 0. The molecule has 7 heteroatoms. The smallest absolute Gasteiger partial charge is 0.271 e. The number of carbonyl (C=O) groups is 1. The maximum atomic E-state index is 11.9. The molecule has 0 aliphatic rings. The van der Waals surface area contributed by atoms with Gasteiger partial charge in [-0.2, -0.15) is 5.10 Å². The van der Waals surface area contributed by atoms with E-state index in [1.165, 1.54) is 0 Å². The van der Waals surface area contributed by atoms with Gasteiger partial charge in [0, 0.05) is 18.0 Å². The molecule has 1 heterocycles. The van der Waals surface area contributed by atoms with Gasteiger partial charge in [-0.3, -0.25) is 9.78 Å². The summed E-state index contributed by atoms with van der Waals surface area (Å²) in [5.41, 5.74) is 3.79. The number of carbonyl (C=O) groups excluding carboxylic acids is 1. The molecule has 120 valence electrons. The van der Waals surface area contributed by atoms with Crippen LogP contribution in [-0.4, -0.2) is 23.2 Å². The normalized spacial score (nSPS) is 11.0. The van der Waals surface area contributed by atoms with Gasteiger partial charge in [0.2, 0.25) is 0 Å². The van der Waals surface area contributed by atoms with E-state index in [-0.39, 0.29) is 12.0 Å². The second-order valence-corrected chi connectivity index (χ2v) is 6.62. The van der Waals surface area contributed by atoms with Gasteiger partial charge in [0.1, 0.15) is 5.75 Å². The Bertz CT molecular complexity index is 696. The van der Waals surface area contributed by atoms with E-state index in [1.807, 2.05) is 26.0 Å². The number of nitrogens with zero attached hydrogens (tertiary/aromatic N) is 2. The maximum Gasteiger partial charge on any atom is 0.271 e. The Hall–Kier alpha value is -1.73. The average molecular weight is 441 g/mol. The first-order valence-corrected chi connectivity index (χ1v) is 8.45. The number of aromatic nitrogens is 1. The number of amides is 1. The highest BCUT2D eigenvalue weighted by molar-refractivity contribution is 9.11. The summed E-state index contributed by atoms with van der Waals surface area (Å²) < 4.78 is 7.33. The minimum absolute atomic E-state index is 0.0711. The third-order valence-electron chi connectivity index (χ3n) is 2.70. The number of nitrogens with one attached hydrogen (secondary N) is 1. The molecular formula is C16H15Br2N3O2. The summed E-state index contributed by atoms with van der Waals surface area (Å²) >= 11 is 6.95. The molecule has 1 aromatic carbocycles. The van der Waals surface area contributed by atoms with Gasteiger partial charge in [-0.15, -0.1) is 0 Å². The largest absolute Gasteiger partial charge is 0.489 e. The van der Waals surface area contributed by atoms with Crippen molar-refractivity contribution in [2.75, 3.05) is 0 Å². The summed E-state index contributed by atoms with van der Waals surface area (Å²) in [4.78, 5) is 15.7. The van der Waals surface area contributed by atoms with Gasteiger partial charge in [0.05, 0.1) is 21.3 Å². The van der Waals surface area contributed by atoms with Crippen molar-refractivity contribution in [3.63, 3.8) is 0 Å². The summed E-state index contributed by atoms with van der Waals surface area (Å²) in [6, 6.07) is 6.97. The molecule has 0 spiro atoms.